The molecule has 3 nitrogen and oxygen atoms in total. The molecule has 1 N–H and O–H groups in total. The van der Waals surface area contributed by atoms with Gasteiger partial charge in [0.15, 0.2) is 0 Å². The molecule has 0 radical (unpaired) electrons. The molecule has 1 saturated carbocycles. The number of likely N-dealkylation sites (tertiary alicyclic amines) is 1. The van der Waals surface area contributed by atoms with Gasteiger partial charge >= 0.3 is 5.97 Å². The van der Waals surface area contributed by atoms with Crippen LogP contribution in [0.4, 0.5) is 0 Å². The van der Waals surface area contributed by atoms with Crippen molar-refractivity contribution >= 4 is 5.97 Å². The van der Waals surface area contributed by atoms with Crippen molar-refractivity contribution in [3.63, 3.8) is 0 Å². The largest absolute Gasteiger partial charge is 0.481 e. The third kappa shape index (κ3) is 3.01. The lowest BCUT2D eigenvalue weighted by atomic mass is 9.85. The summed E-state index contributed by atoms with van der Waals surface area (Å²) in [5.74, 6) is 0.247. The molecule has 0 bridgehead atoms. The van der Waals surface area contributed by atoms with Gasteiger partial charge in [0.25, 0.3) is 0 Å². The van der Waals surface area contributed by atoms with Crippen molar-refractivity contribution < 1.29 is 9.90 Å². The van der Waals surface area contributed by atoms with E-state index in [0.29, 0.717) is 0 Å². The molecule has 2 rings (SSSR count). The van der Waals surface area contributed by atoms with Gasteiger partial charge in [-0.2, -0.15) is 0 Å². The SMILES string of the molecule is CC1CCCN(CC2(C(=O)O)CCCC2)CC1. The Bertz CT molecular complexity index is 271. The first kappa shape index (κ1) is 12.9. The second-order valence-corrected chi connectivity index (χ2v) is 6.10. The van der Waals surface area contributed by atoms with Crippen LogP contribution in [0.1, 0.15) is 51.9 Å². The fourth-order valence-corrected chi connectivity index (χ4v) is 3.40. The predicted molar refractivity (Wildman–Crippen MR) is 68.0 cm³/mol. The average molecular weight is 239 g/mol. The van der Waals surface area contributed by atoms with E-state index in [1.54, 1.807) is 0 Å². The molecular weight excluding hydrogens is 214 g/mol. The Morgan fingerprint density at radius 3 is 2.59 bits per heavy atom. The summed E-state index contributed by atoms with van der Waals surface area (Å²) in [4.78, 5) is 13.9. The number of aliphatic carboxylic acids is 1. The van der Waals surface area contributed by atoms with Crippen molar-refractivity contribution in [2.45, 2.75) is 51.9 Å². The maximum Gasteiger partial charge on any atom is 0.310 e. The number of nitrogens with zero attached hydrogens (tertiary/aromatic N) is 1. The van der Waals surface area contributed by atoms with Gasteiger partial charge in [0.1, 0.15) is 0 Å². The van der Waals surface area contributed by atoms with Gasteiger partial charge < -0.3 is 10.0 Å². The minimum Gasteiger partial charge on any atom is -0.481 e. The number of carboxylic acid groups (broad SMARTS) is 1. The summed E-state index contributed by atoms with van der Waals surface area (Å²) < 4.78 is 0. The summed E-state index contributed by atoms with van der Waals surface area (Å²) >= 11 is 0. The quantitative estimate of drug-likeness (QED) is 0.823. The van der Waals surface area contributed by atoms with Crippen molar-refractivity contribution in [2.75, 3.05) is 19.6 Å². The Labute approximate surface area is 104 Å². The van der Waals surface area contributed by atoms with E-state index < -0.39 is 11.4 Å². The van der Waals surface area contributed by atoms with Crippen LogP contribution < -0.4 is 0 Å². The number of hydrogen-bond acceptors (Lipinski definition) is 2. The zero-order valence-electron chi connectivity index (χ0n) is 11.0. The van der Waals surface area contributed by atoms with Gasteiger partial charge in [0.05, 0.1) is 5.41 Å². The minimum atomic E-state index is -0.563. The molecule has 0 aromatic rings. The van der Waals surface area contributed by atoms with Crippen molar-refractivity contribution in [1.82, 2.24) is 4.90 Å². The smallest absolute Gasteiger partial charge is 0.310 e. The third-order valence-corrected chi connectivity index (χ3v) is 4.65. The Kier molecular flexibility index (Phi) is 4.08. The highest BCUT2D eigenvalue weighted by molar-refractivity contribution is 5.75. The fraction of sp³-hybridized carbons (Fsp3) is 0.929. The Morgan fingerprint density at radius 1 is 1.24 bits per heavy atom. The van der Waals surface area contributed by atoms with Crippen LogP contribution in [0.2, 0.25) is 0 Å². The first-order valence-electron chi connectivity index (χ1n) is 7.08. The summed E-state index contributed by atoms with van der Waals surface area (Å²) in [5.41, 5.74) is -0.423. The molecule has 1 heterocycles. The first-order chi connectivity index (χ1) is 8.12. The van der Waals surface area contributed by atoms with Gasteiger partial charge in [0.2, 0.25) is 0 Å². The highest BCUT2D eigenvalue weighted by Crippen LogP contribution is 2.39. The summed E-state index contributed by atoms with van der Waals surface area (Å²) in [6.07, 6.45) is 7.72. The van der Waals surface area contributed by atoms with Crippen LogP contribution in [0.3, 0.4) is 0 Å². The highest BCUT2D eigenvalue weighted by Gasteiger charge is 2.42. The van der Waals surface area contributed by atoms with Crippen LogP contribution in [-0.4, -0.2) is 35.6 Å². The molecule has 2 fully saturated rings. The maximum absolute atomic E-state index is 11.5. The minimum absolute atomic E-state index is 0.423. The molecule has 98 valence electrons. The summed E-state index contributed by atoms with van der Waals surface area (Å²) in [5, 5.41) is 9.49. The summed E-state index contributed by atoms with van der Waals surface area (Å²) in [6.45, 7) is 5.29. The zero-order chi connectivity index (χ0) is 12.3. The fourth-order valence-electron chi connectivity index (χ4n) is 3.40. The van der Waals surface area contributed by atoms with Crippen LogP contribution >= 0.6 is 0 Å². The molecule has 17 heavy (non-hydrogen) atoms. The van der Waals surface area contributed by atoms with Crippen molar-refractivity contribution in [3.8, 4) is 0 Å². The Balaban J connectivity index is 1.96. The zero-order valence-corrected chi connectivity index (χ0v) is 11.0. The normalized spacial score (nSPS) is 30.1. The average Bonchev–Trinajstić information content (AvgIpc) is 2.66. The Hall–Kier alpha value is -0.570. The first-order valence-corrected chi connectivity index (χ1v) is 7.08. The molecule has 0 aromatic carbocycles. The van der Waals surface area contributed by atoms with Crippen LogP contribution in [0.15, 0.2) is 0 Å². The second-order valence-electron chi connectivity index (χ2n) is 6.10. The van der Waals surface area contributed by atoms with E-state index in [4.69, 9.17) is 0 Å². The molecule has 1 atom stereocenters. The van der Waals surface area contributed by atoms with Crippen LogP contribution in [0.25, 0.3) is 0 Å². The van der Waals surface area contributed by atoms with Crippen LogP contribution in [-0.2, 0) is 4.79 Å². The predicted octanol–water partition coefficient (Wildman–Crippen LogP) is 2.75. The molecule has 1 saturated heterocycles. The molecule has 0 aromatic heterocycles. The lowest BCUT2D eigenvalue weighted by Gasteiger charge is -2.31. The van der Waals surface area contributed by atoms with Crippen LogP contribution in [0, 0.1) is 11.3 Å². The van der Waals surface area contributed by atoms with Gasteiger partial charge in [-0.05, 0) is 51.1 Å². The standard InChI is InChI=1S/C14H25NO2/c1-12-5-4-9-15(10-6-12)11-14(13(16)17)7-2-3-8-14/h12H,2-11H2,1H3,(H,16,17). The highest BCUT2D eigenvalue weighted by atomic mass is 16.4. The van der Waals surface area contributed by atoms with E-state index in [9.17, 15) is 9.90 Å². The lowest BCUT2D eigenvalue weighted by molar-refractivity contribution is -0.149. The van der Waals surface area contributed by atoms with E-state index >= 15 is 0 Å². The van der Waals surface area contributed by atoms with Crippen molar-refractivity contribution in [1.29, 1.82) is 0 Å². The van der Waals surface area contributed by atoms with Gasteiger partial charge in [-0.3, -0.25) is 4.79 Å². The van der Waals surface area contributed by atoms with Gasteiger partial charge in [0, 0.05) is 6.54 Å². The Morgan fingerprint density at radius 2 is 1.94 bits per heavy atom. The summed E-state index contributed by atoms with van der Waals surface area (Å²) in [7, 11) is 0. The van der Waals surface area contributed by atoms with Gasteiger partial charge in [-0.15, -0.1) is 0 Å². The van der Waals surface area contributed by atoms with Crippen LogP contribution in [0.5, 0.6) is 0 Å². The molecule has 0 spiro atoms. The van der Waals surface area contributed by atoms with Gasteiger partial charge in [-0.1, -0.05) is 19.8 Å². The molecule has 0 amide bonds. The van der Waals surface area contributed by atoms with E-state index in [1.165, 1.54) is 19.3 Å². The lowest BCUT2D eigenvalue weighted by Crippen LogP contribution is -2.42. The van der Waals surface area contributed by atoms with E-state index in [0.717, 1.165) is 51.2 Å². The monoisotopic (exact) mass is 239 g/mol. The number of rotatable bonds is 3. The van der Waals surface area contributed by atoms with E-state index in [1.807, 2.05) is 0 Å². The number of carboxylic acids is 1. The third-order valence-electron chi connectivity index (χ3n) is 4.65. The van der Waals surface area contributed by atoms with Crippen molar-refractivity contribution in [3.05, 3.63) is 0 Å². The number of hydrogen-bond donors (Lipinski definition) is 1. The maximum atomic E-state index is 11.5. The van der Waals surface area contributed by atoms with E-state index in [2.05, 4.69) is 11.8 Å². The second kappa shape index (κ2) is 5.38. The molecular formula is C14H25NO2. The molecule has 1 unspecified atom stereocenters. The molecule has 1 aliphatic heterocycles. The number of carbonyl (C=O) groups is 1. The summed E-state index contributed by atoms with van der Waals surface area (Å²) in [6, 6.07) is 0. The topological polar surface area (TPSA) is 40.5 Å². The van der Waals surface area contributed by atoms with Gasteiger partial charge in [-0.25, -0.2) is 0 Å². The molecule has 3 heteroatoms. The molecule has 2 aliphatic rings. The van der Waals surface area contributed by atoms with E-state index in [-0.39, 0.29) is 0 Å². The molecule has 1 aliphatic carbocycles. The van der Waals surface area contributed by atoms with Crippen molar-refractivity contribution in [2.24, 2.45) is 11.3 Å².